The topological polar surface area (TPSA) is 52.7 Å². The number of rotatable bonds is 2. The molecule has 5 nitrogen and oxygen atoms in total. The number of likely N-dealkylation sites (N-methyl/N-ethyl adjacent to an activating group) is 1. The van der Waals surface area contributed by atoms with Crippen LogP contribution in [0.5, 0.6) is 0 Å². The highest BCUT2D eigenvalue weighted by atomic mass is 16.2. The lowest BCUT2D eigenvalue weighted by atomic mass is 10.4. The average Bonchev–Trinajstić information content (AvgIpc) is 2.34. The molecular formula is C7H13N3O2. The monoisotopic (exact) mass is 171 g/mol. The molecule has 0 aromatic heterocycles. The normalized spacial score (nSPS) is 16.9. The molecule has 1 N–H and O–H groups in total. The van der Waals surface area contributed by atoms with Gasteiger partial charge in [0.05, 0.1) is 13.1 Å². The summed E-state index contributed by atoms with van der Waals surface area (Å²) in [6.45, 7) is 0.825. The Bertz CT molecular complexity index is 203. The Labute approximate surface area is 71.3 Å². The van der Waals surface area contributed by atoms with Crippen LogP contribution in [-0.4, -0.2) is 48.9 Å². The van der Waals surface area contributed by atoms with Crippen LogP contribution < -0.4 is 5.43 Å². The summed E-state index contributed by atoms with van der Waals surface area (Å²) in [7, 11) is 3.63. The fourth-order valence-electron chi connectivity index (χ4n) is 1.02. The molecule has 0 atom stereocenters. The highest BCUT2D eigenvalue weighted by molar-refractivity contribution is 5.86. The van der Waals surface area contributed by atoms with Gasteiger partial charge in [-0.15, -0.1) is 0 Å². The summed E-state index contributed by atoms with van der Waals surface area (Å²) in [5, 5.41) is 1.36. The number of nitrogens with zero attached hydrogens (tertiary/aromatic N) is 2. The molecule has 0 unspecified atom stereocenters. The highest BCUT2D eigenvalue weighted by Gasteiger charge is 2.22. The molecule has 1 heterocycles. The van der Waals surface area contributed by atoms with Crippen LogP contribution in [0.15, 0.2) is 0 Å². The van der Waals surface area contributed by atoms with Crippen LogP contribution in [0, 0.1) is 0 Å². The zero-order chi connectivity index (χ0) is 9.14. The van der Waals surface area contributed by atoms with Gasteiger partial charge in [0.15, 0.2) is 0 Å². The van der Waals surface area contributed by atoms with Crippen LogP contribution >= 0.6 is 0 Å². The smallest absolute Gasteiger partial charge is 0.255 e. The van der Waals surface area contributed by atoms with Crippen molar-refractivity contribution in [2.24, 2.45) is 0 Å². The van der Waals surface area contributed by atoms with Gasteiger partial charge >= 0.3 is 0 Å². The zero-order valence-electron chi connectivity index (χ0n) is 7.33. The minimum atomic E-state index is -0.0814. The van der Waals surface area contributed by atoms with E-state index >= 15 is 0 Å². The van der Waals surface area contributed by atoms with E-state index < -0.39 is 0 Å². The summed E-state index contributed by atoms with van der Waals surface area (Å²) >= 11 is 0. The van der Waals surface area contributed by atoms with Crippen molar-refractivity contribution in [3.05, 3.63) is 0 Å². The fraction of sp³-hybridized carbons (Fsp3) is 0.714. The second kappa shape index (κ2) is 3.53. The minimum Gasteiger partial charge on any atom is -0.301 e. The van der Waals surface area contributed by atoms with Gasteiger partial charge in [-0.3, -0.25) is 20.0 Å². The summed E-state index contributed by atoms with van der Waals surface area (Å²) in [5.74, 6) is -0.145. The van der Waals surface area contributed by atoms with Crippen LogP contribution in [-0.2, 0) is 9.59 Å². The van der Waals surface area contributed by atoms with E-state index in [-0.39, 0.29) is 11.8 Å². The quantitative estimate of drug-likeness (QED) is 0.568. The standard InChI is InChI=1S/C7H13N3O2/c1-9(2)5-7(12)10-4-3-6(11)8-10/h3-5H2,1-2H3,(H,8,11). The predicted molar refractivity (Wildman–Crippen MR) is 43.0 cm³/mol. The number of carbonyl (C=O) groups is 2. The van der Waals surface area contributed by atoms with Gasteiger partial charge in [0.25, 0.3) is 5.91 Å². The van der Waals surface area contributed by atoms with Gasteiger partial charge in [-0.1, -0.05) is 0 Å². The molecule has 0 bridgehead atoms. The average molecular weight is 171 g/mol. The lowest BCUT2D eigenvalue weighted by molar-refractivity contribution is -0.136. The van der Waals surface area contributed by atoms with Gasteiger partial charge in [0.2, 0.25) is 5.91 Å². The molecule has 12 heavy (non-hydrogen) atoms. The molecule has 1 fully saturated rings. The number of amides is 2. The summed E-state index contributed by atoms with van der Waals surface area (Å²) in [5.41, 5.74) is 2.48. The molecule has 1 aliphatic rings. The highest BCUT2D eigenvalue weighted by Crippen LogP contribution is 1.98. The SMILES string of the molecule is CN(C)CC(=O)N1CCC(=O)N1. The molecule has 5 heteroatoms. The summed E-state index contributed by atoms with van der Waals surface area (Å²) in [4.78, 5) is 23.8. The molecule has 0 spiro atoms. The summed E-state index contributed by atoms with van der Waals surface area (Å²) in [6, 6.07) is 0. The van der Waals surface area contributed by atoms with E-state index in [0.29, 0.717) is 19.5 Å². The molecule has 1 aliphatic heterocycles. The van der Waals surface area contributed by atoms with Crippen molar-refractivity contribution < 1.29 is 9.59 Å². The third kappa shape index (κ3) is 2.20. The summed E-state index contributed by atoms with van der Waals surface area (Å²) < 4.78 is 0. The van der Waals surface area contributed by atoms with Crippen molar-refractivity contribution in [3.8, 4) is 0 Å². The lowest BCUT2D eigenvalue weighted by Crippen LogP contribution is -2.43. The number of carbonyl (C=O) groups excluding carboxylic acids is 2. The third-order valence-electron chi connectivity index (χ3n) is 1.57. The molecule has 1 rings (SSSR count). The first-order valence-electron chi connectivity index (χ1n) is 3.84. The largest absolute Gasteiger partial charge is 0.301 e. The minimum absolute atomic E-state index is 0.0640. The van der Waals surface area contributed by atoms with Crippen LogP contribution in [0.3, 0.4) is 0 Å². The van der Waals surface area contributed by atoms with E-state index in [1.165, 1.54) is 5.01 Å². The van der Waals surface area contributed by atoms with Crippen molar-refractivity contribution in [3.63, 3.8) is 0 Å². The van der Waals surface area contributed by atoms with E-state index in [1.54, 1.807) is 4.90 Å². The Hall–Kier alpha value is -1.10. The maximum atomic E-state index is 11.3. The van der Waals surface area contributed by atoms with Crippen molar-refractivity contribution in [2.75, 3.05) is 27.2 Å². The van der Waals surface area contributed by atoms with E-state index in [4.69, 9.17) is 0 Å². The van der Waals surface area contributed by atoms with Crippen molar-refractivity contribution in [1.29, 1.82) is 0 Å². The second-order valence-electron chi connectivity index (χ2n) is 3.07. The van der Waals surface area contributed by atoms with Crippen LogP contribution in [0.2, 0.25) is 0 Å². The van der Waals surface area contributed by atoms with Gasteiger partial charge in [0, 0.05) is 6.42 Å². The van der Waals surface area contributed by atoms with Gasteiger partial charge in [0.1, 0.15) is 0 Å². The van der Waals surface area contributed by atoms with Gasteiger partial charge < -0.3 is 4.90 Å². The van der Waals surface area contributed by atoms with E-state index in [9.17, 15) is 9.59 Å². The maximum absolute atomic E-state index is 11.3. The third-order valence-corrected chi connectivity index (χ3v) is 1.57. The maximum Gasteiger partial charge on any atom is 0.255 e. The predicted octanol–water partition coefficient (Wildman–Crippen LogP) is -1.19. The Kier molecular flexibility index (Phi) is 2.65. The van der Waals surface area contributed by atoms with E-state index in [2.05, 4.69) is 5.43 Å². The molecule has 0 aromatic carbocycles. The van der Waals surface area contributed by atoms with Crippen LogP contribution in [0.25, 0.3) is 0 Å². The lowest BCUT2D eigenvalue weighted by Gasteiger charge is -2.17. The molecule has 2 amide bonds. The summed E-state index contributed by atoms with van der Waals surface area (Å²) in [6.07, 6.45) is 0.416. The number of hydrogen-bond acceptors (Lipinski definition) is 3. The number of hydrogen-bond donors (Lipinski definition) is 1. The van der Waals surface area contributed by atoms with Gasteiger partial charge in [-0.05, 0) is 14.1 Å². The van der Waals surface area contributed by atoms with Crippen LogP contribution in [0.1, 0.15) is 6.42 Å². The Morgan fingerprint density at radius 2 is 2.33 bits per heavy atom. The van der Waals surface area contributed by atoms with E-state index in [1.807, 2.05) is 14.1 Å². The van der Waals surface area contributed by atoms with Gasteiger partial charge in [-0.25, -0.2) is 0 Å². The fourth-order valence-corrected chi connectivity index (χ4v) is 1.02. The van der Waals surface area contributed by atoms with Crippen molar-refractivity contribution >= 4 is 11.8 Å². The first kappa shape index (κ1) is 8.99. The van der Waals surface area contributed by atoms with E-state index in [0.717, 1.165) is 0 Å². The first-order chi connectivity index (χ1) is 5.59. The second-order valence-corrected chi connectivity index (χ2v) is 3.07. The molecule has 0 radical (unpaired) electrons. The van der Waals surface area contributed by atoms with Crippen molar-refractivity contribution in [1.82, 2.24) is 15.3 Å². The van der Waals surface area contributed by atoms with Gasteiger partial charge in [-0.2, -0.15) is 0 Å². The van der Waals surface area contributed by atoms with Crippen LogP contribution in [0.4, 0.5) is 0 Å². The molecule has 1 saturated heterocycles. The number of hydrazine groups is 1. The molecule has 0 saturated carbocycles. The Morgan fingerprint density at radius 1 is 1.67 bits per heavy atom. The molecular weight excluding hydrogens is 158 g/mol. The Morgan fingerprint density at radius 3 is 2.75 bits per heavy atom. The molecule has 0 aliphatic carbocycles. The number of nitrogens with one attached hydrogen (secondary N) is 1. The molecule has 0 aromatic rings. The Balaban J connectivity index is 2.38. The molecule has 68 valence electrons. The first-order valence-corrected chi connectivity index (χ1v) is 3.84. The van der Waals surface area contributed by atoms with Crippen molar-refractivity contribution in [2.45, 2.75) is 6.42 Å². The zero-order valence-corrected chi connectivity index (χ0v) is 7.33.